The molecule has 22 heavy (non-hydrogen) atoms. The topological polar surface area (TPSA) is 17.8 Å². The molecule has 0 radical (unpaired) electrons. The van der Waals surface area contributed by atoms with Gasteiger partial charge in [0.2, 0.25) is 0 Å². The van der Waals surface area contributed by atoms with E-state index in [4.69, 9.17) is 4.98 Å². The summed E-state index contributed by atoms with van der Waals surface area (Å²) >= 11 is 1.85. The van der Waals surface area contributed by atoms with Crippen molar-refractivity contribution >= 4 is 11.8 Å². The Bertz CT molecular complexity index is 848. The first-order valence-electron chi connectivity index (χ1n) is 7.60. The van der Waals surface area contributed by atoms with Gasteiger partial charge in [-0.15, -0.1) is 0 Å². The van der Waals surface area contributed by atoms with Crippen LogP contribution < -0.4 is 0 Å². The van der Waals surface area contributed by atoms with E-state index in [2.05, 4.69) is 66.9 Å². The number of aryl methyl sites for hydroxylation is 2. The Balaban J connectivity index is 1.99. The van der Waals surface area contributed by atoms with Gasteiger partial charge in [-0.05, 0) is 25.5 Å². The van der Waals surface area contributed by atoms with Crippen LogP contribution in [0.5, 0.6) is 0 Å². The largest absolute Gasteiger partial charge is 0.318 e. The molecule has 0 bridgehead atoms. The predicted octanol–water partition coefficient (Wildman–Crippen LogP) is 4.94. The Morgan fingerprint density at radius 3 is 2.73 bits per heavy atom. The molecule has 2 nitrogen and oxygen atoms in total. The summed E-state index contributed by atoms with van der Waals surface area (Å²) in [6, 6.07) is 17.3. The highest BCUT2D eigenvalue weighted by Gasteiger charge is 2.24. The molecule has 3 heteroatoms. The summed E-state index contributed by atoms with van der Waals surface area (Å²) < 4.78 is 2.38. The van der Waals surface area contributed by atoms with Gasteiger partial charge >= 0.3 is 0 Å². The van der Waals surface area contributed by atoms with E-state index in [0.717, 1.165) is 23.1 Å². The maximum Gasteiger partial charge on any atom is 0.169 e. The zero-order valence-corrected chi connectivity index (χ0v) is 13.7. The van der Waals surface area contributed by atoms with E-state index in [0.29, 0.717) is 0 Å². The smallest absolute Gasteiger partial charge is 0.169 e. The van der Waals surface area contributed by atoms with Crippen LogP contribution in [0.25, 0.3) is 22.5 Å². The first kappa shape index (κ1) is 13.6. The number of aromatic nitrogens is 2. The van der Waals surface area contributed by atoms with E-state index in [9.17, 15) is 0 Å². The van der Waals surface area contributed by atoms with Gasteiger partial charge < -0.3 is 4.57 Å². The Labute approximate surface area is 135 Å². The van der Waals surface area contributed by atoms with E-state index in [1.165, 1.54) is 27.9 Å². The van der Waals surface area contributed by atoms with E-state index < -0.39 is 0 Å². The zero-order valence-electron chi connectivity index (χ0n) is 12.8. The van der Waals surface area contributed by atoms with Crippen LogP contribution in [0.2, 0.25) is 0 Å². The lowest BCUT2D eigenvalue weighted by Crippen LogP contribution is -1.98. The van der Waals surface area contributed by atoms with E-state index in [-0.39, 0.29) is 0 Å². The molecule has 0 amide bonds. The second-order valence-electron chi connectivity index (χ2n) is 5.78. The quantitative estimate of drug-likeness (QED) is 0.667. The van der Waals surface area contributed by atoms with Crippen LogP contribution in [0, 0.1) is 13.8 Å². The van der Waals surface area contributed by atoms with E-state index in [1.807, 2.05) is 11.8 Å². The van der Waals surface area contributed by atoms with Crippen molar-refractivity contribution in [3.63, 3.8) is 0 Å². The summed E-state index contributed by atoms with van der Waals surface area (Å²) in [5.74, 6) is 1.12. The highest BCUT2D eigenvalue weighted by molar-refractivity contribution is 7.99. The van der Waals surface area contributed by atoms with Crippen LogP contribution in [0.3, 0.4) is 0 Å². The molecular formula is C19H18N2S. The van der Waals surface area contributed by atoms with Crippen molar-refractivity contribution < 1.29 is 0 Å². The number of rotatable bonds is 2. The molecule has 1 aliphatic heterocycles. The van der Waals surface area contributed by atoms with Gasteiger partial charge in [-0.3, -0.25) is 0 Å². The van der Waals surface area contributed by atoms with E-state index >= 15 is 0 Å². The predicted molar refractivity (Wildman–Crippen MR) is 93.3 cm³/mol. The number of hydrogen-bond acceptors (Lipinski definition) is 2. The minimum absolute atomic E-state index is 1.04. The number of thioether (sulfide) groups is 1. The Morgan fingerprint density at radius 1 is 1.05 bits per heavy atom. The third-order valence-corrected chi connectivity index (χ3v) is 5.13. The Hall–Kier alpha value is -2.00. The molecule has 0 aliphatic carbocycles. The molecule has 0 unspecified atom stereocenters. The lowest BCUT2D eigenvalue weighted by Gasteiger charge is -2.10. The number of benzene rings is 2. The van der Waals surface area contributed by atoms with Gasteiger partial charge in [0.15, 0.2) is 5.16 Å². The van der Waals surface area contributed by atoms with Gasteiger partial charge in [-0.25, -0.2) is 4.98 Å². The van der Waals surface area contributed by atoms with Crippen LogP contribution >= 0.6 is 11.8 Å². The number of fused-ring (bicyclic) bond motifs is 1. The maximum absolute atomic E-state index is 4.95. The molecule has 0 N–H and O–H groups in total. The van der Waals surface area contributed by atoms with Gasteiger partial charge in [0.1, 0.15) is 0 Å². The number of hydrogen-bond donors (Lipinski definition) is 0. The average Bonchev–Trinajstić information content (AvgIpc) is 3.08. The van der Waals surface area contributed by atoms with Crippen molar-refractivity contribution in [2.45, 2.75) is 25.5 Å². The first-order chi connectivity index (χ1) is 10.7. The molecule has 1 aromatic heterocycles. The zero-order chi connectivity index (χ0) is 15.1. The molecule has 0 saturated carbocycles. The second-order valence-corrected chi connectivity index (χ2v) is 6.84. The van der Waals surface area contributed by atoms with Crippen LogP contribution in [0.4, 0.5) is 0 Å². The normalized spacial score (nSPS) is 13.4. The summed E-state index contributed by atoms with van der Waals surface area (Å²) in [4.78, 5) is 4.95. The van der Waals surface area contributed by atoms with Crippen molar-refractivity contribution in [2.75, 3.05) is 5.75 Å². The fourth-order valence-corrected chi connectivity index (χ4v) is 4.04. The average molecular weight is 306 g/mol. The molecular weight excluding hydrogens is 288 g/mol. The first-order valence-corrected chi connectivity index (χ1v) is 8.59. The molecule has 1 aliphatic rings. The summed E-state index contributed by atoms with van der Waals surface area (Å²) in [5, 5.41) is 1.15. The Morgan fingerprint density at radius 2 is 1.91 bits per heavy atom. The van der Waals surface area contributed by atoms with Gasteiger partial charge in [-0.1, -0.05) is 59.8 Å². The molecule has 4 rings (SSSR count). The maximum atomic E-state index is 4.95. The van der Waals surface area contributed by atoms with Crippen LogP contribution in [0.15, 0.2) is 53.7 Å². The minimum atomic E-state index is 1.04. The highest BCUT2D eigenvalue weighted by Crippen LogP contribution is 2.39. The summed E-state index contributed by atoms with van der Waals surface area (Å²) in [6.07, 6.45) is 0. The fourth-order valence-electron chi connectivity index (χ4n) is 3.09. The van der Waals surface area contributed by atoms with Crippen molar-refractivity contribution in [2.24, 2.45) is 0 Å². The number of nitrogens with zero attached hydrogens (tertiary/aromatic N) is 2. The van der Waals surface area contributed by atoms with Crippen molar-refractivity contribution in [1.82, 2.24) is 9.55 Å². The molecule has 3 aromatic rings. The highest BCUT2D eigenvalue weighted by atomic mass is 32.2. The second kappa shape index (κ2) is 5.33. The molecule has 110 valence electrons. The van der Waals surface area contributed by atoms with Gasteiger partial charge in [-0.2, -0.15) is 0 Å². The van der Waals surface area contributed by atoms with Crippen molar-refractivity contribution in [1.29, 1.82) is 0 Å². The molecule has 0 atom stereocenters. The van der Waals surface area contributed by atoms with Crippen LogP contribution in [0.1, 0.15) is 11.1 Å². The van der Waals surface area contributed by atoms with Crippen LogP contribution in [-0.4, -0.2) is 15.3 Å². The third kappa shape index (κ3) is 2.17. The van der Waals surface area contributed by atoms with E-state index in [1.54, 1.807) is 0 Å². The molecule has 0 spiro atoms. The van der Waals surface area contributed by atoms with Crippen molar-refractivity contribution in [3.05, 3.63) is 59.7 Å². The van der Waals surface area contributed by atoms with Gasteiger partial charge in [0, 0.05) is 23.4 Å². The molecule has 2 heterocycles. The van der Waals surface area contributed by atoms with Gasteiger partial charge in [0.25, 0.3) is 0 Å². The summed E-state index contributed by atoms with van der Waals surface area (Å²) in [5.41, 5.74) is 7.44. The monoisotopic (exact) mass is 306 g/mol. The third-order valence-electron chi connectivity index (χ3n) is 4.17. The van der Waals surface area contributed by atoms with Gasteiger partial charge in [0.05, 0.1) is 11.4 Å². The summed E-state index contributed by atoms with van der Waals surface area (Å²) in [7, 11) is 0. The SMILES string of the molecule is Cc1cccc(-c2c(-c3ccccc3C)nc3n2CCS3)c1. The number of imidazole rings is 1. The van der Waals surface area contributed by atoms with Crippen LogP contribution in [-0.2, 0) is 6.54 Å². The summed E-state index contributed by atoms with van der Waals surface area (Å²) in [6.45, 7) is 5.35. The Kier molecular flexibility index (Phi) is 3.30. The standard InChI is InChI=1S/C19H18N2S/c1-13-6-5-8-15(12-13)18-17(16-9-4-3-7-14(16)2)20-19-21(18)10-11-22-19/h3-9,12H,10-11H2,1-2H3. The minimum Gasteiger partial charge on any atom is -0.318 e. The molecule has 0 fully saturated rings. The van der Waals surface area contributed by atoms with Crippen molar-refractivity contribution in [3.8, 4) is 22.5 Å². The lowest BCUT2D eigenvalue weighted by molar-refractivity contribution is 0.726. The fraction of sp³-hybridized carbons (Fsp3) is 0.211. The lowest BCUT2D eigenvalue weighted by atomic mass is 10.00. The molecule has 2 aromatic carbocycles. The molecule has 0 saturated heterocycles.